The SMILES string of the molecule is Cc1cc(Br)c(NS(=O)(=O)c2ccc(Cl)c(Br)c2)cc1Cl. The van der Waals surface area contributed by atoms with E-state index in [1.165, 1.54) is 18.2 Å². The van der Waals surface area contributed by atoms with Crippen molar-refractivity contribution in [3.8, 4) is 0 Å². The molecule has 0 radical (unpaired) electrons. The van der Waals surface area contributed by atoms with Crippen LogP contribution in [0.3, 0.4) is 0 Å². The lowest BCUT2D eigenvalue weighted by Crippen LogP contribution is -2.13. The molecule has 0 fully saturated rings. The highest BCUT2D eigenvalue weighted by Gasteiger charge is 2.17. The van der Waals surface area contributed by atoms with Gasteiger partial charge in [0.2, 0.25) is 0 Å². The van der Waals surface area contributed by atoms with Crippen LogP contribution in [0.5, 0.6) is 0 Å². The maximum atomic E-state index is 12.4. The molecule has 0 heterocycles. The fourth-order valence-corrected chi connectivity index (χ4v) is 4.17. The summed E-state index contributed by atoms with van der Waals surface area (Å²) in [5.41, 5.74) is 1.22. The third-order valence-electron chi connectivity index (χ3n) is 2.69. The third-order valence-corrected chi connectivity index (χ3v) is 6.33. The molecule has 2 rings (SSSR count). The molecule has 0 amide bonds. The molecule has 0 spiro atoms. The molecule has 0 saturated heterocycles. The summed E-state index contributed by atoms with van der Waals surface area (Å²) in [7, 11) is -3.73. The Labute approximate surface area is 150 Å². The van der Waals surface area contributed by atoms with E-state index in [9.17, 15) is 8.42 Å². The molecule has 1 N–H and O–H groups in total. The maximum absolute atomic E-state index is 12.4. The molecule has 0 atom stereocenters. The Morgan fingerprint density at radius 2 is 1.67 bits per heavy atom. The summed E-state index contributed by atoms with van der Waals surface area (Å²) in [6, 6.07) is 7.69. The predicted molar refractivity (Wildman–Crippen MR) is 93.8 cm³/mol. The zero-order valence-electron chi connectivity index (χ0n) is 10.6. The van der Waals surface area contributed by atoms with Gasteiger partial charge in [0, 0.05) is 14.0 Å². The minimum Gasteiger partial charge on any atom is -0.278 e. The van der Waals surface area contributed by atoms with E-state index in [1.807, 2.05) is 6.92 Å². The highest BCUT2D eigenvalue weighted by molar-refractivity contribution is 9.11. The summed E-state index contributed by atoms with van der Waals surface area (Å²) in [5, 5.41) is 0.918. The van der Waals surface area contributed by atoms with Crippen LogP contribution in [0.4, 0.5) is 5.69 Å². The Hall–Kier alpha value is -0.270. The topological polar surface area (TPSA) is 46.2 Å². The average molecular weight is 474 g/mol. The number of benzene rings is 2. The van der Waals surface area contributed by atoms with E-state index in [4.69, 9.17) is 23.2 Å². The molecule has 0 aliphatic carbocycles. The number of rotatable bonds is 3. The second-order valence-electron chi connectivity index (χ2n) is 4.26. The molecular weight excluding hydrogens is 465 g/mol. The minimum atomic E-state index is -3.73. The first kappa shape index (κ1) is 17.1. The van der Waals surface area contributed by atoms with Crippen LogP contribution in [-0.2, 0) is 10.0 Å². The first-order chi connectivity index (χ1) is 9.70. The summed E-state index contributed by atoms with van der Waals surface area (Å²) < 4.78 is 28.4. The molecule has 0 bridgehead atoms. The van der Waals surface area contributed by atoms with Crippen molar-refractivity contribution in [2.75, 3.05) is 4.72 Å². The molecule has 2 aromatic carbocycles. The predicted octanol–water partition coefficient (Wildman–Crippen LogP) is 5.63. The lowest BCUT2D eigenvalue weighted by Gasteiger charge is -2.12. The smallest absolute Gasteiger partial charge is 0.261 e. The van der Waals surface area contributed by atoms with Crippen molar-refractivity contribution in [1.29, 1.82) is 0 Å². The fourth-order valence-electron chi connectivity index (χ4n) is 1.57. The first-order valence-electron chi connectivity index (χ1n) is 5.64. The van der Waals surface area contributed by atoms with E-state index >= 15 is 0 Å². The van der Waals surface area contributed by atoms with Crippen molar-refractivity contribution in [3.63, 3.8) is 0 Å². The van der Waals surface area contributed by atoms with E-state index in [2.05, 4.69) is 36.6 Å². The lowest BCUT2D eigenvalue weighted by atomic mass is 10.2. The van der Waals surface area contributed by atoms with Crippen LogP contribution >= 0.6 is 55.1 Å². The van der Waals surface area contributed by atoms with Crippen LogP contribution in [0.1, 0.15) is 5.56 Å². The van der Waals surface area contributed by atoms with Crippen molar-refractivity contribution >= 4 is 70.8 Å². The number of halogens is 4. The van der Waals surface area contributed by atoms with Crippen LogP contribution < -0.4 is 4.72 Å². The van der Waals surface area contributed by atoms with Crippen LogP contribution in [0.2, 0.25) is 10.0 Å². The zero-order chi connectivity index (χ0) is 15.8. The van der Waals surface area contributed by atoms with Crippen molar-refractivity contribution < 1.29 is 8.42 Å². The quantitative estimate of drug-likeness (QED) is 0.628. The first-order valence-corrected chi connectivity index (χ1v) is 9.47. The van der Waals surface area contributed by atoms with Gasteiger partial charge in [0.1, 0.15) is 0 Å². The summed E-state index contributed by atoms with van der Waals surface area (Å²) in [5.74, 6) is 0. The second kappa shape index (κ2) is 6.46. The molecule has 0 unspecified atom stereocenters. The van der Waals surface area contributed by atoms with Gasteiger partial charge in [-0.25, -0.2) is 8.42 Å². The Balaban J connectivity index is 2.42. The van der Waals surface area contributed by atoms with Crippen molar-refractivity contribution in [3.05, 3.63) is 54.9 Å². The van der Waals surface area contributed by atoms with Gasteiger partial charge in [-0.3, -0.25) is 4.72 Å². The highest BCUT2D eigenvalue weighted by Crippen LogP contribution is 2.32. The largest absolute Gasteiger partial charge is 0.278 e. The minimum absolute atomic E-state index is 0.0994. The van der Waals surface area contributed by atoms with E-state index < -0.39 is 10.0 Å². The van der Waals surface area contributed by atoms with Gasteiger partial charge in [0.15, 0.2) is 0 Å². The lowest BCUT2D eigenvalue weighted by molar-refractivity contribution is 0.601. The van der Waals surface area contributed by atoms with Gasteiger partial charge in [-0.15, -0.1) is 0 Å². The molecule has 0 aliphatic rings. The molecule has 0 aliphatic heterocycles. The molecule has 21 heavy (non-hydrogen) atoms. The molecule has 112 valence electrons. The van der Waals surface area contributed by atoms with E-state index in [-0.39, 0.29) is 4.90 Å². The molecule has 3 nitrogen and oxygen atoms in total. The highest BCUT2D eigenvalue weighted by atomic mass is 79.9. The number of hydrogen-bond donors (Lipinski definition) is 1. The number of aryl methyl sites for hydroxylation is 1. The van der Waals surface area contributed by atoms with Gasteiger partial charge in [0.05, 0.1) is 15.6 Å². The monoisotopic (exact) mass is 471 g/mol. The number of sulfonamides is 1. The number of nitrogens with one attached hydrogen (secondary N) is 1. The van der Waals surface area contributed by atoms with Gasteiger partial charge in [-0.1, -0.05) is 23.2 Å². The van der Waals surface area contributed by atoms with E-state index in [0.29, 0.717) is 24.7 Å². The number of anilines is 1. The van der Waals surface area contributed by atoms with Crippen LogP contribution in [-0.4, -0.2) is 8.42 Å². The fraction of sp³-hybridized carbons (Fsp3) is 0.0769. The normalized spacial score (nSPS) is 11.5. The van der Waals surface area contributed by atoms with E-state index in [0.717, 1.165) is 5.56 Å². The standard InChI is InChI=1S/C13H9Br2Cl2NO2S/c1-7-4-10(15)13(6-12(7)17)18-21(19,20)8-2-3-11(16)9(14)5-8/h2-6,18H,1H3. The number of hydrogen-bond acceptors (Lipinski definition) is 2. The third kappa shape index (κ3) is 3.93. The van der Waals surface area contributed by atoms with Gasteiger partial charge in [-0.05, 0) is 74.7 Å². The maximum Gasteiger partial charge on any atom is 0.261 e. The summed E-state index contributed by atoms with van der Waals surface area (Å²) in [4.78, 5) is 0.0994. The molecule has 0 aromatic heterocycles. The van der Waals surface area contributed by atoms with Crippen molar-refractivity contribution in [2.45, 2.75) is 11.8 Å². The van der Waals surface area contributed by atoms with E-state index in [1.54, 1.807) is 12.1 Å². The molecule has 2 aromatic rings. The summed E-state index contributed by atoms with van der Waals surface area (Å²) in [6.45, 7) is 1.84. The zero-order valence-corrected chi connectivity index (χ0v) is 16.1. The Bertz CT molecular complexity index is 810. The Morgan fingerprint density at radius 1 is 1.00 bits per heavy atom. The van der Waals surface area contributed by atoms with Gasteiger partial charge in [-0.2, -0.15) is 0 Å². The Kier molecular flexibility index (Phi) is 5.26. The van der Waals surface area contributed by atoms with Crippen LogP contribution in [0.25, 0.3) is 0 Å². The second-order valence-corrected chi connectivity index (χ2v) is 8.47. The average Bonchev–Trinajstić information content (AvgIpc) is 2.39. The van der Waals surface area contributed by atoms with Crippen molar-refractivity contribution in [1.82, 2.24) is 0 Å². The Morgan fingerprint density at radius 3 is 2.29 bits per heavy atom. The summed E-state index contributed by atoms with van der Waals surface area (Å²) >= 11 is 18.4. The van der Waals surface area contributed by atoms with Crippen LogP contribution in [0.15, 0.2) is 44.2 Å². The van der Waals surface area contributed by atoms with Gasteiger partial charge < -0.3 is 0 Å². The van der Waals surface area contributed by atoms with Crippen molar-refractivity contribution in [2.24, 2.45) is 0 Å². The van der Waals surface area contributed by atoms with Crippen LogP contribution in [0, 0.1) is 6.92 Å². The summed E-state index contributed by atoms with van der Waals surface area (Å²) in [6.07, 6.45) is 0. The van der Waals surface area contributed by atoms with Gasteiger partial charge in [0.25, 0.3) is 10.0 Å². The molecule has 0 saturated carbocycles. The molecule has 8 heteroatoms. The van der Waals surface area contributed by atoms with Gasteiger partial charge >= 0.3 is 0 Å². The molecular formula is C13H9Br2Cl2NO2S.